The Hall–Kier alpha value is -3.62. The Kier molecular flexibility index (Phi) is 11.6. The van der Waals surface area contributed by atoms with Crippen LogP contribution in [0.5, 0.6) is 0 Å². The molecular formula is C28H39N6O9P. The highest BCUT2D eigenvalue weighted by atomic mass is 31.2. The number of aromatic nitrogens is 2. The van der Waals surface area contributed by atoms with Gasteiger partial charge in [-0.1, -0.05) is 43.7 Å². The zero-order valence-corrected chi connectivity index (χ0v) is 25.7. The van der Waals surface area contributed by atoms with E-state index < -0.39 is 37.8 Å². The molecule has 0 aliphatic carbocycles. The summed E-state index contributed by atoms with van der Waals surface area (Å²) in [7, 11) is -2.64. The Morgan fingerprint density at radius 1 is 1.11 bits per heavy atom. The van der Waals surface area contributed by atoms with Crippen LogP contribution in [0.2, 0.25) is 0 Å². The maximum atomic E-state index is 13.7. The first-order valence-corrected chi connectivity index (χ1v) is 16.3. The van der Waals surface area contributed by atoms with E-state index in [2.05, 4.69) is 15.1 Å². The van der Waals surface area contributed by atoms with Crippen LogP contribution in [0.4, 0.5) is 10.6 Å². The van der Waals surface area contributed by atoms with Crippen molar-refractivity contribution in [1.29, 1.82) is 0 Å². The van der Waals surface area contributed by atoms with Crippen LogP contribution in [0.3, 0.4) is 0 Å². The number of hydrogen-bond acceptors (Lipinski definition) is 11. The smallest absolute Gasteiger partial charge is 0.448 e. The molecule has 3 N–H and O–H groups in total. The van der Waals surface area contributed by atoms with E-state index in [1.165, 1.54) is 16.0 Å². The molecule has 2 aromatic rings. The summed E-state index contributed by atoms with van der Waals surface area (Å²) < 4.78 is 23.7. The van der Waals surface area contributed by atoms with Crippen LogP contribution < -0.4 is 10.2 Å². The van der Waals surface area contributed by atoms with Crippen molar-refractivity contribution in [3.8, 4) is 11.4 Å². The summed E-state index contributed by atoms with van der Waals surface area (Å²) in [5, 5.41) is 12.7. The molecule has 240 valence electrons. The predicted octanol–water partition coefficient (Wildman–Crippen LogP) is 2.22. The number of piperazine rings is 1. The second-order valence-electron chi connectivity index (χ2n) is 10.5. The number of carbonyl (C=O) groups excluding carboxylic acids is 2. The van der Waals surface area contributed by atoms with Gasteiger partial charge in [-0.05, 0) is 12.8 Å². The fraction of sp³-hybridized carbons (Fsp3) is 0.536. The Bertz CT molecular complexity index is 1340. The molecule has 1 aromatic carbocycles. The van der Waals surface area contributed by atoms with E-state index in [1.807, 2.05) is 42.2 Å². The molecule has 0 bridgehead atoms. The van der Waals surface area contributed by atoms with Gasteiger partial charge in [0.1, 0.15) is 17.6 Å². The zero-order chi connectivity index (χ0) is 31.7. The molecule has 3 heterocycles. The van der Waals surface area contributed by atoms with E-state index in [4.69, 9.17) is 19.4 Å². The first-order valence-electron chi connectivity index (χ1n) is 14.5. The number of unbranched alkanes of at least 4 members (excludes halogenated alkanes) is 1. The third kappa shape index (κ3) is 9.19. The lowest BCUT2D eigenvalue weighted by Crippen LogP contribution is -2.56. The number of hydroxylamine groups is 2. The highest BCUT2D eigenvalue weighted by Gasteiger charge is 2.36. The molecule has 44 heavy (non-hydrogen) atoms. The molecule has 0 saturated carbocycles. The largest absolute Gasteiger partial charge is 0.525 e. The van der Waals surface area contributed by atoms with Crippen molar-refractivity contribution in [3.63, 3.8) is 0 Å². The van der Waals surface area contributed by atoms with Crippen LogP contribution in [-0.4, -0.2) is 119 Å². The number of nitrogens with one attached hydrogen (secondary N) is 1. The van der Waals surface area contributed by atoms with Crippen molar-refractivity contribution in [2.75, 3.05) is 64.0 Å². The van der Waals surface area contributed by atoms with Gasteiger partial charge in [-0.25, -0.2) is 14.8 Å². The minimum atomic E-state index is -4.29. The highest BCUT2D eigenvalue weighted by Crippen LogP contribution is 2.43. The number of benzene rings is 1. The molecule has 0 radical (unpaired) electrons. The van der Waals surface area contributed by atoms with Gasteiger partial charge < -0.3 is 39.2 Å². The maximum absolute atomic E-state index is 13.7. The molecule has 4 rings (SSSR count). The quantitative estimate of drug-likeness (QED) is 0.216. The molecule has 2 saturated heterocycles. The van der Waals surface area contributed by atoms with Crippen molar-refractivity contribution < 1.29 is 43.0 Å². The Balaban J connectivity index is 1.59. The molecular weight excluding hydrogens is 595 g/mol. The third-order valence-electron chi connectivity index (χ3n) is 7.34. The number of rotatable bonds is 13. The number of anilines is 1. The van der Waals surface area contributed by atoms with E-state index in [0.29, 0.717) is 36.7 Å². The van der Waals surface area contributed by atoms with E-state index in [1.54, 1.807) is 7.11 Å². The average Bonchev–Trinajstić information content (AvgIpc) is 3.50. The van der Waals surface area contributed by atoms with E-state index in [0.717, 1.165) is 12.8 Å². The van der Waals surface area contributed by atoms with Gasteiger partial charge >= 0.3 is 13.8 Å². The normalized spacial score (nSPS) is 19.3. The lowest BCUT2D eigenvalue weighted by Gasteiger charge is -2.35. The molecule has 16 heteroatoms. The van der Waals surface area contributed by atoms with Crippen molar-refractivity contribution >= 4 is 31.4 Å². The van der Waals surface area contributed by atoms with Gasteiger partial charge in [0.15, 0.2) is 5.82 Å². The number of amides is 2. The van der Waals surface area contributed by atoms with Crippen molar-refractivity contribution in [2.45, 2.75) is 38.3 Å². The van der Waals surface area contributed by atoms with Crippen molar-refractivity contribution in [1.82, 2.24) is 25.2 Å². The minimum absolute atomic E-state index is 0.0113. The fourth-order valence-electron chi connectivity index (χ4n) is 4.94. The van der Waals surface area contributed by atoms with Crippen molar-refractivity contribution in [2.24, 2.45) is 0 Å². The molecule has 3 atom stereocenters. The van der Waals surface area contributed by atoms with E-state index in [9.17, 15) is 23.8 Å². The molecule has 2 amide bonds. The summed E-state index contributed by atoms with van der Waals surface area (Å²) in [6, 6.07) is 9.25. The molecule has 1 unspecified atom stereocenters. The molecule has 15 nitrogen and oxygen atoms in total. The van der Waals surface area contributed by atoms with Gasteiger partial charge in [0.25, 0.3) is 5.91 Å². The van der Waals surface area contributed by atoms with Crippen LogP contribution >= 0.6 is 7.60 Å². The van der Waals surface area contributed by atoms with E-state index >= 15 is 0 Å². The lowest BCUT2D eigenvalue weighted by molar-refractivity contribution is -0.154. The SMILES string of the molecule is CCCCOP(=O)(O)C[C@@H](NC(=O)c1cc(N2CC[C@H](OC)C2)nc(-c2ccccc2)n1)C(=O)N1CCN(OC(=O)O)CC1. The minimum Gasteiger partial charge on any atom is -0.448 e. The number of ether oxygens (including phenoxy) is 1. The second kappa shape index (κ2) is 15.4. The monoisotopic (exact) mass is 634 g/mol. The van der Waals surface area contributed by atoms with Crippen LogP contribution in [0.15, 0.2) is 36.4 Å². The fourth-order valence-corrected chi connectivity index (χ4v) is 6.17. The summed E-state index contributed by atoms with van der Waals surface area (Å²) in [6.45, 7) is 3.51. The van der Waals surface area contributed by atoms with Crippen LogP contribution in [-0.2, 0) is 23.5 Å². The second-order valence-corrected chi connectivity index (χ2v) is 12.4. The lowest BCUT2D eigenvalue weighted by atomic mass is 10.2. The average molecular weight is 635 g/mol. The van der Waals surface area contributed by atoms with Crippen LogP contribution in [0.25, 0.3) is 11.4 Å². The summed E-state index contributed by atoms with van der Waals surface area (Å²) in [6.07, 6.45) is -0.0353. The van der Waals surface area contributed by atoms with Gasteiger partial charge in [0.2, 0.25) is 5.91 Å². The maximum Gasteiger partial charge on any atom is 0.525 e. The Morgan fingerprint density at radius 2 is 1.84 bits per heavy atom. The van der Waals surface area contributed by atoms with Gasteiger partial charge in [0.05, 0.1) is 32.0 Å². The first kappa shape index (κ1) is 33.3. The third-order valence-corrected chi connectivity index (χ3v) is 8.76. The number of carbonyl (C=O) groups is 3. The predicted molar refractivity (Wildman–Crippen MR) is 159 cm³/mol. The van der Waals surface area contributed by atoms with Gasteiger partial charge in [-0.2, -0.15) is 0 Å². The van der Waals surface area contributed by atoms with Gasteiger partial charge in [0, 0.05) is 44.9 Å². The first-order chi connectivity index (χ1) is 21.1. The number of methoxy groups -OCH3 is 1. The summed E-state index contributed by atoms with van der Waals surface area (Å²) in [4.78, 5) is 66.0. The zero-order valence-electron chi connectivity index (χ0n) is 24.8. The highest BCUT2D eigenvalue weighted by molar-refractivity contribution is 7.52. The van der Waals surface area contributed by atoms with Crippen LogP contribution in [0, 0.1) is 0 Å². The van der Waals surface area contributed by atoms with Gasteiger partial charge in [-0.15, -0.1) is 5.06 Å². The molecule has 2 fully saturated rings. The van der Waals surface area contributed by atoms with Crippen molar-refractivity contribution in [3.05, 3.63) is 42.1 Å². The summed E-state index contributed by atoms with van der Waals surface area (Å²) >= 11 is 0. The number of hydrogen-bond donors (Lipinski definition) is 3. The van der Waals surface area contributed by atoms with Gasteiger partial charge in [-0.3, -0.25) is 14.2 Å². The van der Waals surface area contributed by atoms with Crippen LogP contribution in [0.1, 0.15) is 36.7 Å². The molecule has 2 aliphatic heterocycles. The number of carboxylic acid groups (broad SMARTS) is 1. The topological polar surface area (TPSA) is 184 Å². The summed E-state index contributed by atoms with van der Waals surface area (Å²) in [5.41, 5.74) is 0.663. The number of nitrogens with zero attached hydrogens (tertiary/aromatic N) is 5. The van der Waals surface area contributed by atoms with E-state index in [-0.39, 0.29) is 44.6 Å². The Morgan fingerprint density at radius 3 is 2.48 bits per heavy atom. The Labute approximate surface area is 255 Å². The standard InChI is InChI=1S/C28H39N6O9P/c1-3-4-16-42-44(39,40)19-23(27(36)32-12-14-34(15-13-32)43-28(37)38)30-26(35)22-17-24(33-11-10-21(18-33)41-2)31-25(29-22)20-8-6-5-7-9-20/h5-9,17,21,23H,3-4,10-16,18-19H2,1-2H3,(H,30,35)(H,37,38)(H,39,40)/t21-,23+/m0/s1. The summed E-state index contributed by atoms with van der Waals surface area (Å²) in [5.74, 6) is -0.520. The molecule has 2 aliphatic rings. The molecule has 0 spiro atoms. The molecule has 1 aromatic heterocycles.